The van der Waals surface area contributed by atoms with Crippen LogP contribution in [0.1, 0.15) is 15.9 Å². The second kappa shape index (κ2) is 5.05. The van der Waals surface area contributed by atoms with Crippen LogP contribution in [0.4, 0.5) is 11.4 Å². The fourth-order valence-electron chi connectivity index (χ4n) is 2.23. The number of amides is 1. The highest BCUT2D eigenvalue weighted by Gasteiger charge is 2.13. The van der Waals surface area contributed by atoms with E-state index in [2.05, 4.69) is 26.6 Å². The number of benzene rings is 2. The van der Waals surface area contributed by atoms with Crippen molar-refractivity contribution in [1.82, 2.24) is 0 Å². The van der Waals surface area contributed by atoms with Crippen LogP contribution in [0.25, 0.3) is 0 Å². The molecule has 0 radical (unpaired) electrons. The predicted molar refractivity (Wildman–Crippen MR) is 80.7 cm³/mol. The number of hydrogen-bond donors (Lipinski definition) is 2. The Labute approximate surface area is 120 Å². The van der Waals surface area contributed by atoms with Gasteiger partial charge in [0.1, 0.15) is 0 Å². The van der Waals surface area contributed by atoms with Gasteiger partial charge in [0.2, 0.25) is 0 Å². The van der Waals surface area contributed by atoms with Gasteiger partial charge in [0.25, 0.3) is 5.91 Å². The second-order valence-electron chi connectivity index (χ2n) is 4.48. The van der Waals surface area contributed by atoms with E-state index in [1.165, 1.54) is 11.3 Å². The van der Waals surface area contributed by atoms with Gasteiger partial charge in [-0.25, -0.2) is 0 Å². The number of fused-ring (bicyclic) bond motifs is 1. The second-order valence-corrected chi connectivity index (χ2v) is 5.34. The van der Waals surface area contributed by atoms with Gasteiger partial charge in [-0.3, -0.25) is 4.79 Å². The minimum absolute atomic E-state index is 0.0987. The summed E-state index contributed by atoms with van der Waals surface area (Å²) in [5, 5.41) is 6.23. The van der Waals surface area contributed by atoms with Gasteiger partial charge >= 0.3 is 0 Å². The van der Waals surface area contributed by atoms with Crippen molar-refractivity contribution in [2.45, 2.75) is 6.42 Å². The zero-order valence-electron chi connectivity index (χ0n) is 10.2. The Bertz CT molecular complexity index is 640. The molecule has 1 aliphatic heterocycles. The molecular weight excluding hydrogens is 304 g/mol. The van der Waals surface area contributed by atoms with Gasteiger partial charge in [0, 0.05) is 22.4 Å². The summed E-state index contributed by atoms with van der Waals surface area (Å²) in [5.74, 6) is -0.0987. The summed E-state index contributed by atoms with van der Waals surface area (Å²) in [4.78, 5) is 12.2. The molecule has 4 heteroatoms. The Balaban J connectivity index is 1.82. The van der Waals surface area contributed by atoms with Crippen molar-refractivity contribution in [2.24, 2.45) is 0 Å². The molecule has 2 aromatic rings. The van der Waals surface area contributed by atoms with E-state index in [-0.39, 0.29) is 5.91 Å². The first-order valence-electron chi connectivity index (χ1n) is 6.17. The molecule has 3 nitrogen and oxygen atoms in total. The molecule has 0 fully saturated rings. The summed E-state index contributed by atoms with van der Waals surface area (Å²) in [5.41, 5.74) is 3.90. The minimum atomic E-state index is -0.0987. The van der Waals surface area contributed by atoms with E-state index in [0.717, 1.165) is 23.1 Å². The molecule has 0 spiro atoms. The zero-order chi connectivity index (χ0) is 13.2. The third-order valence-corrected chi connectivity index (χ3v) is 3.88. The summed E-state index contributed by atoms with van der Waals surface area (Å²) in [6.07, 6.45) is 1.01. The third-order valence-electron chi connectivity index (χ3n) is 3.19. The van der Waals surface area contributed by atoms with E-state index < -0.39 is 0 Å². The highest BCUT2D eigenvalue weighted by molar-refractivity contribution is 9.10. The lowest BCUT2D eigenvalue weighted by molar-refractivity contribution is 0.102. The summed E-state index contributed by atoms with van der Waals surface area (Å²) < 4.78 is 0.801. The molecule has 19 heavy (non-hydrogen) atoms. The van der Waals surface area contributed by atoms with Gasteiger partial charge in [-0.15, -0.1) is 0 Å². The van der Waals surface area contributed by atoms with Gasteiger partial charge < -0.3 is 10.6 Å². The maximum absolute atomic E-state index is 12.2. The molecule has 1 aliphatic rings. The number of carbonyl (C=O) groups is 1. The monoisotopic (exact) mass is 316 g/mol. The van der Waals surface area contributed by atoms with Crippen LogP contribution in [0.5, 0.6) is 0 Å². The van der Waals surface area contributed by atoms with Crippen molar-refractivity contribution in [1.29, 1.82) is 0 Å². The van der Waals surface area contributed by atoms with E-state index in [1.807, 2.05) is 36.4 Å². The summed E-state index contributed by atoms with van der Waals surface area (Å²) in [6.45, 7) is 0.969. The first-order valence-corrected chi connectivity index (χ1v) is 6.96. The number of nitrogens with one attached hydrogen (secondary N) is 2. The molecule has 0 aromatic heterocycles. The average Bonchev–Trinajstić information content (AvgIpc) is 2.86. The number of hydrogen-bond acceptors (Lipinski definition) is 2. The molecule has 1 heterocycles. The first kappa shape index (κ1) is 12.2. The lowest BCUT2D eigenvalue weighted by Gasteiger charge is -2.08. The van der Waals surface area contributed by atoms with Gasteiger partial charge in [0.05, 0.1) is 5.56 Å². The fourth-order valence-corrected chi connectivity index (χ4v) is 2.69. The quantitative estimate of drug-likeness (QED) is 0.887. The molecule has 2 N–H and O–H groups in total. The SMILES string of the molecule is O=C(Nc1ccc2c(c1)CCN2)c1ccccc1Br. The smallest absolute Gasteiger partial charge is 0.256 e. The molecular formula is C15H13BrN2O. The Morgan fingerprint density at radius 2 is 2.05 bits per heavy atom. The van der Waals surface area contributed by atoms with Crippen molar-refractivity contribution in [3.63, 3.8) is 0 Å². The standard InChI is InChI=1S/C15H13BrN2O/c16-13-4-2-1-3-12(13)15(19)18-11-5-6-14-10(9-11)7-8-17-14/h1-6,9,17H,7-8H2,(H,18,19). The molecule has 0 unspecified atom stereocenters. The summed E-state index contributed by atoms with van der Waals surface area (Å²) >= 11 is 3.39. The van der Waals surface area contributed by atoms with E-state index in [0.29, 0.717) is 5.56 Å². The van der Waals surface area contributed by atoms with Crippen molar-refractivity contribution >= 4 is 33.2 Å². The maximum atomic E-state index is 12.2. The molecule has 0 bridgehead atoms. The lowest BCUT2D eigenvalue weighted by atomic mass is 10.1. The largest absolute Gasteiger partial charge is 0.384 e. The molecule has 96 valence electrons. The number of anilines is 2. The van der Waals surface area contributed by atoms with Gasteiger partial charge in [-0.2, -0.15) is 0 Å². The van der Waals surface area contributed by atoms with Crippen LogP contribution in [0.15, 0.2) is 46.9 Å². The van der Waals surface area contributed by atoms with Crippen LogP contribution in [-0.2, 0) is 6.42 Å². The van der Waals surface area contributed by atoms with Crippen molar-refractivity contribution in [3.8, 4) is 0 Å². The average molecular weight is 317 g/mol. The van der Waals surface area contributed by atoms with Crippen LogP contribution in [0, 0.1) is 0 Å². The van der Waals surface area contributed by atoms with E-state index in [1.54, 1.807) is 6.07 Å². The highest BCUT2D eigenvalue weighted by atomic mass is 79.9. The normalized spacial score (nSPS) is 12.7. The molecule has 3 rings (SSSR count). The van der Waals surface area contributed by atoms with Crippen LogP contribution in [0.3, 0.4) is 0 Å². The Hall–Kier alpha value is -1.81. The van der Waals surface area contributed by atoms with Crippen LogP contribution >= 0.6 is 15.9 Å². The summed E-state index contributed by atoms with van der Waals surface area (Å²) in [7, 11) is 0. The Morgan fingerprint density at radius 3 is 2.89 bits per heavy atom. The maximum Gasteiger partial charge on any atom is 0.256 e. The molecule has 1 amide bonds. The van der Waals surface area contributed by atoms with Gasteiger partial charge in [-0.1, -0.05) is 12.1 Å². The van der Waals surface area contributed by atoms with Crippen molar-refractivity contribution in [3.05, 3.63) is 58.1 Å². The molecule has 2 aromatic carbocycles. The predicted octanol–water partition coefficient (Wildman–Crippen LogP) is 3.67. The van der Waals surface area contributed by atoms with Gasteiger partial charge in [0.15, 0.2) is 0 Å². The van der Waals surface area contributed by atoms with E-state index in [9.17, 15) is 4.79 Å². The van der Waals surface area contributed by atoms with Crippen molar-refractivity contribution in [2.75, 3.05) is 17.2 Å². The van der Waals surface area contributed by atoms with Crippen LogP contribution in [0.2, 0.25) is 0 Å². The Morgan fingerprint density at radius 1 is 1.21 bits per heavy atom. The molecule has 0 saturated heterocycles. The highest BCUT2D eigenvalue weighted by Crippen LogP contribution is 2.26. The van der Waals surface area contributed by atoms with E-state index in [4.69, 9.17) is 0 Å². The van der Waals surface area contributed by atoms with Crippen LogP contribution < -0.4 is 10.6 Å². The Kier molecular flexibility index (Phi) is 3.25. The first-order chi connectivity index (χ1) is 9.24. The fraction of sp³-hybridized carbons (Fsp3) is 0.133. The summed E-state index contributed by atoms with van der Waals surface area (Å²) in [6, 6.07) is 13.4. The third kappa shape index (κ3) is 2.49. The zero-order valence-corrected chi connectivity index (χ0v) is 11.8. The topological polar surface area (TPSA) is 41.1 Å². The number of rotatable bonds is 2. The number of halogens is 1. The van der Waals surface area contributed by atoms with Crippen molar-refractivity contribution < 1.29 is 4.79 Å². The lowest BCUT2D eigenvalue weighted by Crippen LogP contribution is -2.12. The molecule has 0 atom stereocenters. The van der Waals surface area contributed by atoms with Gasteiger partial charge in [-0.05, 0) is 58.2 Å². The van der Waals surface area contributed by atoms with E-state index >= 15 is 0 Å². The molecule has 0 aliphatic carbocycles. The van der Waals surface area contributed by atoms with Crippen LogP contribution in [-0.4, -0.2) is 12.5 Å². The number of carbonyl (C=O) groups excluding carboxylic acids is 1. The molecule has 0 saturated carbocycles. The minimum Gasteiger partial charge on any atom is -0.384 e.